The van der Waals surface area contributed by atoms with Crippen molar-refractivity contribution in [3.8, 4) is 0 Å². The van der Waals surface area contributed by atoms with Crippen molar-refractivity contribution >= 4 is 23.0 Å². The molecule has 1 N–H and O–H groups in total. The number of hydrogen-bond acceptors (Lipinski definition) is 4. The van der Waals surface area contributed by atoms with Crippen molar-refractivity contribution in [3.05, 3.63) is 33.3 Å². The number of anilines is 1. The quantitative estimate of drug-likeness (QED) is 0.664. The molecule has 1 saturated heterocycles. The van der Waals surface area contributed by atoms with Crippen LogP contribution in [0.3, 0.4) is 0 Å². The zero-order valence-corrected chi connectivity index (χ0v) is 13.3. The van der Waals surface area contributed by atoms with E-state index in [0.29, 0.717) is 17.0 Å². The van der Waals surface area contributed by atoms with Crippen LogP contribution in [0.1, 0.15) is 26.7 Å². The van der Waals surface area contributed by atoms with Crippen LogP contribution in [0.5, 0.6) is 0 Å². The highest BCUT2D eigenvalue weighted by molar-refractivity contribution is 6.33. The molecule has 6 heteroatoms. The Kier molecular flexibility index (Phi) is 5.42. The van der Waals surface area contributed by atoms with E-state index in [1.54, 1.807) is 6.07 Å². The summed E-state index contributed by atoms with van der Waals surface area (Å²) in [6.45, 7) is 7.79. The molecule has 5 nitrogen and oxygen atoms in total. The lowest BCUT2D eigenvalue weighted by Gasteiger charge is -2.33. The highest BCUT2D eigenvalue weighted by atomic mass is 35.5. The summed E-state index contributed by atoms with van der Waals surface area (Å²) in [5.74, 6) is 0.693. The minimum absolute atomic E-state index is 0.0253. The highest BCUT2D eigenvalue weighted by Gasteiger charge is 2.20. The summed E-state index contributed by atoms with van der Waals surface area (Å²) in [7, 11) is 0. The van der Waals surface area contributed by atoms with Crippen molar-refractivity contribution in [2.45, 2.75) is 32.7 Å². The summed E-state index contributed by atoms with van der Waals surface area (Å²) >= 11 is 6.11. The molecule has 0 unspecified atom stereocenters. The molecule has 0 aromatic heterocycles. The van der Waals surface area contributed by atoms with Crippen LogP contribution < -0.4 is 5.32 Å². The van der Waals surface area contributed by atoms with Crippen molar-refractivity contribution in [2.24, 2.45) is 5.92 Å². The normalized spacial score (nSPS) is 17.1. The average Bonchev–Trinajstić information content (AvgIpc) is 2.42. The molecule has 0 atom stereocenters. The van der Waals surface area contributed by atoms with E-state index in [9.17, 15) is 10.1 Å². The maximum Gasteiger partial charge on any atom is 0.271 e. The SMILES string of the molecule is CC(C)CN1CCC(Nc2ccc([N+](=O)[O-])cc2Cl)CC1. The molecule has 0 spiro atoms. The van der Waals surface area contributed by atoms with E-state index in [1.165, 1.54) is 12.1 Å². The second-order valence-electron chi connectivity index (χ2n) is 6.03. The third kappa shape index (κ3) is 4.58. The van der Waals surface area contributed by atoms with Crippen molar-refractivity contribution in [2.75, 3.05) is 25.0 Å². The molecule has 1 aliphatic rings. The molecule has 116 valence electrons. The molecule has 0 saturated carbocycles. The predicted molar refractivity (Wildman–Crippen MR) is 86.0 cm³/mol. The number of halogens is 1. The number of nitro groups is 1. The van der Waals surface area contributed by atoms with E-state index >= 15 is 0 Å². The van der Waals surface area contributed by atoms with Crippen LogP contribution in [0.4, 0.5) is 11.4 Å². The lowest BCUT2D eigenvalue weighted by atomic mass is 10.0. The molecule has 1 heterocycles. The van der Waals surface area contributed by atoms with Crippen molar-refractivity contribution in [1.29, 1.82) is 0 Å². The Labute approximate surface area is 130 Å². The van der Waals surface area contributed by atoms with E-state index in [2.05, 4.69) is 24.1 Å². The predicted octanol–water partition coefficient (Wildman–Crippen LogP) is 3.78. The number of non-ortho nitro benzene ring substituents is 1. The molecule has 1 aliphatic heterocycles. The Balaban J connectivity index is 1.90. The van der Waals surface area contributed by atoms with Crippen molar-refractivity contribution in [3.63, 3.8) is 0 Å². The number of nitrogens with zero attached hydrogens (tertiary/aromatic N) is 2. The lowest BCUT2D eigenvalue weighted by molar-refractivity contribution is -0.384. The van der Waals surface area contributed by atoms with Crippen LogP contribution in [-0.4, -0.2) is 35.5 Å². The van der Waals surface area contributed by atoms with Gasteiger partial charge in [-0.25, -0.2) is 0 Å². The summed E-state index contributed by atoms with van der Waals surface area (Å²) in [6, 6.07) is 4.97. The Morgan fingerprint density at radius 3 is 2.62 bits per heavy atom. The van der Waals surface area contributed by atoms with Gasteiger partial charge in [0.15, 0.2) is 0 Å². The van der Waals surface area contributed by atoms with Gasteiger partial charge in [0.2, 0.25) is 0 Å². The zero-order valence-electron chi connectivity index (χ0n) is 12.5. The first-order valence-electron chi connectivity index (χ1n) is 7.38. The van der Waals surface area contributed by atoms with Crippen LogP contribution >= 0.6 is 11.6 Å². The van der Waals surface area contributed by atoms with Crippen molar-refractivity contribution in [1.82, 2.24) is 4.90 Å². The van der Waals surface area contributed by atoms with Crippen LogP contribution in [0, 0.1) is 16.0 Å². The maximum atomic E-state index is 10.7. The number of rotatable bonds is 5. The average molecular weight is 312 g/mol. The summed E-state index contributed by atoms with van der Waals surface area (Å²) in [4.78, 5) is 12.8. The van der Waals surface area contributed by atoms with Gasteiger partial charge >= 0.3 is 0 Å². The first-order valence-corrected chi connectivity index (χ1v) is 7.76. The molecule has 0 radical (unpaired) electrons. The van der Waals surface area contributed by atoms with E-state index in [4.69, 9.17) is 11.6 Å². The molecule has 1 aromatic rings. The largest absolute Gasteiger partial charge is 0.381 e. The molecule has 1 aromatic carbocycles. The smallest absolute Gasteiger partial charge is 0.271 e. The summed E-state index contributed by atoms with van der Waals surface area (Å²) < 4.78 is 0. The topological polar surface area (TPSA) is 58.4 Å². The van der Waals surface area contributed by atoms with Gasteiger partial charge in [-0.1, -0.05) is 25.4 Å². The summed E-state index contributed by atoms with van der Waals surface area (Å²) in [5.41, 5.74) is 0.807. The maximum absolute atomic E-state index is 10.7. The van der Waals surface area contributed by atoms with Gasteiger partial charge in [-0.3, -0.25) is 10.1 Å². The first-order chi connectivity index (χ1) is 9.95. The Morgan fingerprint density at radius 1 is 1.43 bits per heavy atom. The highest BCUT2D eigenvalue weighted by Crippen LogP contribution is 2.28. The molecule has 21 heavy (non-hydrogen) atoms. The van der Waals surface area contributed by atoms with Gasteiger partial charge in [0, 0.05) is 37.8 Å². The van der Waals surface area contributed by atoms with Gasteiger partial charge < -0.3 is 10.2 Å². The second-order valence-corrected chi connectivity index (χ2v) is 6.44. The third-order valence-electron chi connectivity index (χ3n) is 3.73. The molecule has 2 rings (SSSR count). The van der Waals surface area contributed by atoms with E-state index in [0.717, 1.165) is 38.2 Å². The Hall–Kier alpha value is -1.33. The molecule has 0 amide bonds. The number of likely N-dealkylation sites (tertiary alicyclic amines) is 1. The number of nitro benzene ring substituents is 1. The molecule has 1 fully saturated rings. The first kappa shape index (κ1) is 16.0. The van der Waals surface area contributed by atoms with Gasteiger partial charge in [0.05, 0.1) is 15.6 Å². The minimum Gasteiger partial charge on any atom is -0.381 e. The fourth-order valence-corrected chi connectivity index (χ4v) is 2.96. The van der Waals surface area contributed by atoms with Crippen LogP contribution in [-0.2, 0) is 0 Å². The third-order valence-corrected chi connectivity index (χ3v) is 4.05. The minimum atomic E-state index is -0.430. The van der Waals surface area contributed by atoms with E-state index < -0.39 is 4.92 Å². The van der Waals surface area contributed by atoms with Gasteiger partial charge in [-0.2, -0.15) is 0 Å². The summed E-state index contributed by atoms with van der Waals surface area (Å²) in [5, 5.41) is 14.5. The number of piperidine rings is 1. The standard InChI is InChI=1S/C15H22ClN3O2/c1-11(2)10-18-7-5-12(6-8-18)17-15-4-3-13(19(20)21)9-14(15)16/h3-4,9,11-12,17H,5-8,10H2,1-2H3. The Morgan fingerprint density at radius 2 is 2.10 bits per heavy atom. The monoisotopic (exact) mass is 311 g/mol. The Bertz CT molecular complexity index is 500. The lowest BCUT2D eigenvalue weighted by Crippen LogP contribution is -2.40. The van der Waals surface area contributed by atoms with Crippen LogP contribution in [0.2, 0.25) is 5.02 Å². The number of hydrogen-bond donors (Lipinski definition) is 1. The van der Waals surface area contributed by atoms with Gasteiger partial charge in [0.1, 0.15) is 0 Å². The fraction of sp³-hybridized carbons (Fsp3) is 0.600. The van der Waals surface area contributed by atoms with E-state index in [-0.39, 0.29) is 5.69 Å². The van der Waals surface area contributed by atoms with Crippen molar-refractivity contribution < 1.29 is 4.92 Å². The van der Waals surface area contributed by atoms with Gasteiger partial charge in [0.25, 0.3) is 5.69 Å². The molecular weight excluding hydrogens is 290 g/mol. The number of benzene rings is 1. The fourth-order valence-electron chi connectivity index (χ4n) is 2.73. The molecule has 0 bridgehead atoms. The zero-order chi connectivity index (χ0) is 15.4. The summed E-state index contributed by atoms with van der Waals surface area (Å²) in [6.07, 6.45) is 2.14. The second kappa shape index (κ2) is 7.09. The van der Waals surface area contributed by atoms with E-state index in [1.807, 2.05) is 0 Å². The van der Waals surface area contributed by atoms with Gasteiger partial charge in [-0.15, -0.1) is 0 Å². The van der Waals surface area contributed by atoms with Crippen LogP contribution in [0.15, 0.2) is 18.2 Å². The molecular formula is C15H22ClN3O2. The molecule has 0 aliphatic carbocycles. The van der Waals surface area contributed by atoms with Crippen LogP contribution in [0.25, 0.3) is 0 Å². The number of nitrogens with one attached hydrogen (secondary N) is 1. The van der Waals surface area contributed by atoms with Gasteiger partial charge in [-0.05, 0) is 24.8 Å².